The van der Waals surface area contributed by atoms with Gasteiger partial charge in [0.15, 0.2) is 25.7 Å². The van der Waals surface area contributed by atoms with Crippen LogP contribution in [-0.2, 0) is 32.7 Å². The standard InChI is InChI=1S/C10H19NO7P2/c1-15-7-5-6(11-19(3)13)10(16-2)17-8(7)9(12)18-20(4)14/h6-8,10H,5H2,1-4H3,(H,11,13)/q+2. The largest absolute Gasteiger partial charge is 0.555 e. The van der Waals surface area contributed by atoms with E-state index in [0.717, 1.165) is 0 Å². The van der Waals surface area contributed by atoms with E-state index in [0.29, 0.717) is 6.42 Å². The molecule has 0 aromatic carbocycles. The number of methoxy groups -OCH3 is 2. The summed E-state index contributed by atoms with van der Waals surface area (Å²) in [5.74, 6) is -0.762. The Balaban J connectivity index is 2.81. The highest BCUT2D eigenvalue weighted by molar-refractivity contribution is 7.41. The fourth-order valence-electron chi connectivity index (χ4n) is 1.98. The maximum absolute atomic E-state index is 11.8. The van der Waals surface area contributed by atoms with Crippen molar-refractivity contribution in [1.82, 2.24) is 5.09 Å². The van der Waals surface area contributed by atoms with Crippen LogP contribution in [0.5, 0.6) is 0 Å². The first-order chi connectivity index (χ1) is 9.38. The van der Waals surface area contributed by atoms with Crippen molar-refractivity contribution < 1.29 is 32.7 Å². The Labute approximate surface area is 119 Å². The fourth-order valence-corrected chi connectivity index (χ4v) is 3.04. The smallest absolute Gasteiger partial charge is 0.378 e. The number of nitrogens with one attached hydrogen (secondary N) is 1. The van der Waals surface area contributed by atoms with Crippen LogP contribution >= 0.6 is 16.0 Å². The van der Waals surface area contributed by atoms with Crippen LogP contribution in [0.1, 0.15) is 6.42 Å². The lowest BCUT2D eigenvalue weighted by Gasteiger charge is -2.36. The molecular formula is C10H19NO7P2+2. The summed E-state index contributed by atoms with van der Waals surface area (Å²) in [6.07, 6.45) is -2.05. The molecule has 0 spiro atoms. The van der Waals surface area contributed by atoms with Crippen LogP contribution in [-0.4, -0.2) is 58.1 Å². The van der Waals surface area contributed by atoms with Crippen molar-refractivity contribution >= 4 is 21.9 Å². The first-order valence-corrected chi connectivity index (χ1v) is 9.23. The van der Waals surface area contributed by atoms with E-state index >= 15 is 0 Å². The summed E-state index contributed by atoms with van der Waals surface area (Å²) in [5.41, 5.74) is 0. The number of carbonyl (C=O) groups is 1. The molecule has 0 amide bonds. The van der Waals surface area contributed by atoms with E-state index in [1.54, 1.807) is 0 Å². The number of hydrogen-bond acceptors (Lipinski definition) is 7. The number of hydrogen-bond donors (Lipinski definition) is 1. The van der Waals surface area contributed by atoms with Gasteiger partial charge in [0.1, 0.15) is 6.04 Å². The van der Waals surface area contributed by atoms with Crippen LogP contribution in [0, 0.1) is 0 Å². The minimum absolute atomic E-state index is 0.351. The molecule has 10 heteroatoms. The first kappa shape index (κ1) is 17.6. The molecule has 0 aromatic rings. The molecule has 0 radical (unpaired) electrons. The van der Waals surface area contributed by atoms with E-state index in [9.17, 15) is 13.9 Å². The summed E-state index contributed by atoms with van der Waals surface area (Å²) < 4.78 is 42.7. The summed E-state index contributed by atoms with van der Waals surface area (Å²) in [7, 11) is -0.831. The van der Waals surface area contributed by atoms with Gasteiger partial charge in [0.05, 0.1) is 6.10 Å². The molecule has 8 nitrogen and oxygen atoms in total. The van der Waals surface area contributed by atoms with E-state index < -0.39 is 40.4 Å². The number of ether oxygens (including phenoxy) is 3. The predicted octanol–water partition coefficient (Wildman–Crippen LogP) is 1.01. The second-order valence-corrected chi connectivity index (χ2v) is 6.57. The molecule has 1 N–H and O–H groups in total. The van der Waals surface area contributed by atoms with Crippen LogP contribution < -0.4 is 5.09 Å². The lowest BCUT2D eigenvalue weighted by atomic mass is 10.0. The molecule has 1 rings (SSSR count). The number of carbonyl (C=O) groups excluding carboxylic acids is 1. The summed E-state index contributed by atoms with van der Waals surface area (Å²) in [5, 5.41) is 2.82. The molecule has 114 valence electrons. The topological polar surface area (TPSA) is 100 Å². The van der Waals surface area contributed by atoms with E-state index in [1.807, 2.05) is 0 Å². The molecule has 1 aliphatic rings. The van der Waals surface area contributed by atoms with Crippen molar-refractivity contribution in [3.8, 4) is 0 Å². The Kier molecular flexibility index (Phi) is 7.09. The zero-order chi connectivity index (χ0) is 15.3. The summed E-state index contributed by atoms with van der Waals surface area (Å²) in [6.45, 7) is 2.80. The molecule has 1 heterocycles. The Morgan fingerprint density at radius 3 is 2.35 bits per heavy atom. The molecule has 0 aromatic heterocycles. The van der Waals surface area contributed by atoms with Crippen LogP contribution in [0.25, 0.3) is 0 Å². The lowest BCUT2D eigenvalue weighted by Crippen LogP contribution is -2.55. The van der Waals surface area contributed by atoms with Gasteiger partial charge < -0.3 is 14.2 Å². The highest BCUT2D eigenvalue weighted by Crippen LogP contribution is 2.29. The second kappa shape index (κ2) is 8.08. The van der Waals surface area contributed by atoms with Gasteiger partial charge in [0.2, 0.25) is 0 Å². The molecule has 20 heavy (non-hydrogen) atoms. The lowest BCUT2D eigenvalue weighted by molar-refractivity contribution is -0.230. The van der Waals surface area contributed by atoms with E-state index in [4.69, 9.17) is 14.2 Å². The average Bonchev–Trinajstić information content (AvgIpc) is 2.36. The monoisotopic (exact) mass is 327 g/mol. The minimum atomic E-state index is -2.07. The first-order valence-electron chi connectivity index (χ1n) is 5.89. The van der Waals surface area contributed by atoms with Gasteiger partial charge in [-0.1, -0.05) is 4.57 Å². The molecule has 1 saturated heterocycles. The van der Waals surface area contributed by atoms with Crippen molar-refractivity contribution in [3.63, 3.8) is 0 Å². The van der Waals surface area contributed by atoms with Gasteiger partial charge in [-0.05, 0) is 4.57 Å². The van der Waals surface area contributed by atoms with Gasteiger partial charge in [-0.2, -0.15) is 0 Å². The third kappa shape index (κ3) is 4.81. The summed E-state index contributed by atoms with van der Waals surface area (Å²) in [4.78, 5) is 11.8. The zero-order valence-electron chi connectivity index (χ0n) is 11.8. The third-order valence-electron chi connectivity index (χ3n) is 2.77. The fraction of sp³-hybridized carbons (Fsp3) is 0.900. The predicted molar refractivity (Wildman–Crippen MR) is 71.2 cm³/mol. The minimum Gasteiger partial charge on any atom is -0.378 e. The van der Waals surface area contributed by atoms with Crippen LogP contribution in [0.4, 0.5) is 0 Å². The molecule has 0 aliphatic carbocycles. The van der Waals surface area contributed by atoms with Gasteiger partial charge in [-0.15, -0.1) is 5.09 Å². The molecule has 6 atom stereocenters. The van der Waals surface area contributed by atoms with Gasteiger partial charge in [0.25, 0.3) is 0 Å². The Morgan fingerprint density at radius 1 is 1.25 bits per heavy atom. The van der Waals surface area contributed by atoms with Crippen LogP contribution in [0.3, 0.4) is 0 Å². The van der Waals surface area contributed by atoms with E-state index in [2.05, 4.69) is 9.61 Å². The quantitative estimate of drug-likeness (QED) is 0.722. The van der Waals surface area contributed by atoms with Crippen molar-refractivity contribution in [3.05, 3.63) is 0 Å². The maximum atomic E-state index is 11.8. The van der Waals surface area contributed by atoms with Gasteiger partial charge >= 0.3 is 21.9 Å². The van der Waals surface area contributed by atoms with Crippen molar-refractivity contribution in [2.45, 2.75) is 31.0 Å². The molecule has 1 fully saturated rings. The van der Waals surface area contributed by atoms with Gasteiger partial charge in [-0.3, -0.25) is 0 Å². The van der Waals surface area contributed by atoms with E-state index in [1.165, 1.54) is 27.5 Å². The van der Waals surface area contributed by atoms with Gasteiger partial charge in [-0.25, -0.2) is 9.32 Å². The number of rotatable bonds is 6. The summed E-state index contributed by atoms with van der Waals surface area (Å²) >= 11 is 0. The molecule has 6 unspecified atom stereocenters. The summed E-state index contributed by atoms with van der Waals surface area (Å²) in [6, 6.07) is -0.377. The van der Waals surface area contributed by atoms with E-state index in [-0.39, 0.29) is 6.04 Å². The van der Waals surface area contributed by atoms with Crippen molar-refractivity contribution in [2.24, 2.45) is 0 Å². The zero-order valence-corrected chi connectivity index (χ0v) is 13.6. The highest BCUT2D eigenvalue weighted by Gasteiger charge is 2.46. The molecular weight excluding hydrogens is 308 g/mol. The van der Waals surface area contributed by atoms with Crippen molar-refractivity contribution in [2.75, 3.05) is 27.5 Å². The average molecular weight is 327 g/mol. The third-order valence-corrected chi connectivity index (χ3v) is 3.90. The molecule has 0 saturated carbocycles. The van der Waals surface area contributed by atoms with Crippen LogP contribution in [0.15, 0.2) is 0 Å². The van der Waals surface area contributed by atoms with Crippen molar-refractivity contribution in [1.29, 1.82) is 0 Å². The molecule has 0 bridgehead atoms. The Morgan fingerprint density at radius 2 is 1.90 bits per heavy atom. The van der Waals surface area contributed by atoms with Crippen LogP contribution in [0.2, 0.25) is 0 Å². The highest BCUT2D eigenvalue weighted by atomic mass is 31.1. The second-order valence-electron chi connectivity index (χ2n) is 4.25. The normalized spacial score (nSPS) is 31.6. The Bertz CT molecular complexity index is 392. The Hall–Kier alpha value is -0.490. The SMILES string of the molecule is COC1CC(N[P+](C)=O)C(OC)OC1C(=O)O[P+](C)=O. The van der Waals surface area contributed by atoms with Gasteiger partial charge in [0, 0.05) is 20.6 Å². The maximum Gasteiger partial charge on any atom is 0.555 e. The molecule has 1 aliphatic heterocycles.